The number of rotatable bonds is 1. The first-order chi connectivity index (χ1) is 3.22. The summed E-state index contributed by atoms with van der Waals surface area (Å²) in [6.07, 6.45) is 0.745. The van der Waals surface area contributed by atoms with Crippen LogP contribution < -0.4 is 0 Å². The van der Waals surface area contributed by atoms with Crippen molar-refractivity contribution in [1.29, 1.82) is 0 Å². The summed E-state index contributed by atoms with van der Waals surface area (Å²) in [4.78, 5) is 10.3. The smallest absolute Gasteiger partial charge is 0.141 e. The van der Waals surface area contributed by atoms with Crippen LogP contribution in [0.4, 0.5) is 0 Å². The number of allylic oxidation sites excluding steroid dienone is 1. The van der Waals surface area contributed by atoms with E-state index in [0.717, 1.165) is 12.0 Å². The highest BCUT2D eigenvalue weighted by molar-refractivity contribution is 5.98. The van der Waals surface area contributed by atoms with Gasteiger partial charge in [-0.25, -0.2) is 0 Å². The van der Waals surface area contributed by atoms with E-state index in [1.165, 1.54) is 0 Å². The molecule has 0 radical (unpaired) electrons. The average Bonchev–Trinajstić information content (AvgIpc) is 2.17. The van der Waals surface area contributed by atoms with Gasteiger partial charge in [0.15, 0.2) is 0 Å². The highest BCUT2D eigenvalue weighted by atomic mass is 16.1. The second-order valence-electron chi connectivity index (χ2n) is 2.07. The topological polar surface area (TPSA) is 17.1 Å². The zero-order chi connectivity index (χ0) is 5.44. The molecule has 1 aliphatic carbocycles. The standard InChI is InChI=1S/C6H8O/c1-4(2)5-3-6(5)7/h5H,1,3H2,2H3. The van der Waals surface area contributed by atoms with Crippen LogP contribution in [0.25, 0.3) is 0 Å². The molecule has 1 nitrogen and oxygen atoms in total. The molecule has 38 valence electrons. The quantitative estimate of drug-likeness (QED) is 0.447. The minimum Gasteiger partial charge on any atom is -0.299 e. The fourth-order valence-electron chi connectivity index (χ4n) is 0.591. The lowest BCUT2D eigenvalue weighted by atomic mass is 10.2. The van der Waals surface area contributed by atoms with Crippen molar-refractivity contribution in [3.8, 4) is 0 Å². The monoisotopic (exact) mass is 96.1 g/mol. The molecule has 1 rings (SSSR count). The van der Waals surface area contributed by atoms with Crippen LogP contribution in [0.2, 0.25) is 0 Å². The van der Waals surface area contributed by atoms with Crippen molar-refractivity contribution >= 4 is 5.78 Å². The Hall–Kier alpha value is -0.590. The molecular formula is C6H8O. The maximum absolute atomic E-state index is 10.3. The van der Waals surface area contributed by atoms with Crippen LogP contribution in [0, 0.1) is 5.92 Å². The summed E-state index contributed by atoms with van der Waals surface area (Å²) in [6.45, 7) is 5.55. The lowest BCUT2D eigenvalue weighted by Crippen LogP contribution is -1.76. The lowest BCUT2D eigenvalue weighted by Gasteiger charge is -1.81. The second-order valence-corrected chi connectivity index (χ2v) is 2.07. The van der Waals surface area contributed by atoms with Crippen molar-refractivity contribution in [2.45, 2.75) is 13.3 Å². The molecule has 0 spiro atoms. The first-order valence-corrected chi connectivity index (χ1v) is 2.40. The molecule has 0 aromatic rings. The van der Waals surface area contributed by atoms with Gasteiger partial charge in [-0.3, -0.25) is 4.79 Å². The van der Waals surface area contributed by atoms with E-state index in [0.29, 0.717) is 5.78 Å². The molecule has 1 saturated carbocycles. The van der Waals surface area contributed by atoms with Crippen molar-refractivity contribution in [2.75, 3.05) is 0 Å². The molecule has 1 aliphatic rings. The van der Waals surface area contributed by atoms with Gasteiger partial charge < -0.3 is 0 Å². The Morgan fingerprint density at radius 1 is 2.00 bits per heavy atom. The minimum absolute atomic E-state index is 0.236. The van der Waals surface area contributed by atoms with Gasteiger partial charge >= 0.3 is 0 Å². The van der Waals surface area contributed by atoms with Crippen LogP contribution in [0.5, 0.6) is 0 Å². The van der Waals surface area contributed by atoms with Crippen molar-refractivity contribution in [2.24, 2.45) is 5.92 Å². The van der Waals surface area contributed by atoms with E-state index < -0.39 is 0 Å². The molecule has 0 bridgehead atoms. The van der Waals surface area contributed by atoms with Gasteiger partial charge in [0, 0.05) is 12.3 Å². The van der Waals surface area contributed by atoms with Crippen LogP contribution in [0.15, 0.2) is 12.2 Å². The van der Waals surface area contributed by atoms with Crippen molar-refractivity contribution < 1.29 is 4.79 Å². The highest BCUT2D eigenvalue weighted by Gasteiger charge is 2.34. The molecule has 0 aromatic heterocycles. The van der Waals surface area contributed by atoms with E-state index in [2.05, 4.69) is 6.58 Å². The molecule has 0 amide bonds. The summed E-state index contributed by atoms with van der Waals surface area (Å²) in [6, 6.07) is 0. The number of Topliss-reactive ketones (excluding diaryl/α,β-unsaturated/α-hetero) is 1. The van der Waals surface area contributed by atoms with Crippen molar-refractivity contribution in [3.05, 3.63) is 12.2 Å². The third kappa shape index (κ3) is 0.710. The largest absolute Gasteiger partial charge is 0.299 e. The molecule has 1 unspecified atom stereocenters. The fraction of sp³-hybridized carbons (Fsp3) is 0.500. The van der Waals surface area contributed by atoms with Gasteiger partial charge in [-0.15, -0.1) is 0 Å². The zero-order valence-electron chi connectivity index (χ0n) is 4.40. The summed E-state index contributed by atoms with van der Waals surface area (Å²) in [5.74, 6) is 0.590. The summed E-state index contributed by atoms with van der Waals surface area (Å²) < 4.78 is 0. The van der Waals surface area contributed by atoms with Gasteiger partial charge in [-0.2, -0.15) is 0 Å². The average molecular weight is 96.1 g/mol. The predicted octanol–water partition coefficient (Wildman–Crippen LogP) is 1.15. The first kappa shape index (κ1) is 4.57. The predicted molar refractivity (Wildman–Crippen MR) is 27.9 cm³/mol. The summed E-state index contributed by atoms with van der Waals surface area (Å²) in [5, 5.41) is 0. The Morgan fingerprint density at radius 2 is 2.43 bits per heavy atom. The van der Waals surface area contributed by atoms with Gasteiger partial charge in [0.25, 0.3) is 0 Å². The van der Waals surface area contributed by atoms with Crippen molar-refractivity contribution in [1.82, 2.24) is 0 Å². The summed E-state index contributed by atoms with van der Waals surface area (Å²) in [5.41, 5.74) is 1.02. The van der Waals surface area contributed by atoms with Crippen LogP contribution in [-0.4, -0.2) is 5.78 Å². The number of hydrogen-bond donors (Lipinski definition) is 0. The number of carbonyl (C=O) groups is 1. The second kappa shape index (κ2) is 1.19. The van der Waals surface area contributed by atoms with E-state index in [9.17, 15) is 4.79 Å². The first-order valence-electron chi connectivity index (χ1n) is 2.40. The van der Waals surface area contributed by atoms with Gasteiger partial charge in [-0.1, -0.05) is 12.2 Å². The van der Waals surface area contributed by atoms with E-state index in [1.54, 1.807) is 0 Å². The summed E-state index contributed by atoms with van der Waals surface area (Å²) in [7, 11) is 0. The van der Waals surface area contributed by atoms with Crippen LogP contribution >= 0.6 is 0 Å². The van der Waals surface area contributed by atoms with Gasteiger partial charge in [0.2, 0.25) is 0 Å². The Labute approximate surface area is 43.0 Å². The molecule has 1 heteroatoms. The molecule has 0 N–H and O–H groups in total. The zero-order valence-corrected chi connectivity index (χ0v) is 4.40. The fourth-order valence-corrected chi connectivity index (χ4v) is 0.591. The SMILES string of the molecule is C=C(C)C1CC1=O. The van der Waals surface area contributed by atoms with Crippen LogP contribution in [0.1, 0.15) is 13.3 Å². The Morgan fingerprint density at radius 3 is 2.43 bits per heavy atom. The van der Waals surface area contributed by atoms with Crippen LogP contribution in [0.3, 0.4) is 0 Å². The van der Waals surface area contributed by atoms with E-state index in [4.69, 9.17) is 0 Å². The molecule has 0 heterocycles. The number of carbonyl (C=O) groups excluding carboxylic acids is 1. The highest BCUT2D eigenvalue weighted by Crippen LogP contribution is 2.29. The Bertz CT molecular complexity index is 124. The third-order valence-corrected chi connectivity index (χ3v) is 1.23. The molecular weight excluding hydrogens is 88.1 g/mol. The Balaban J connectivity index is 2.48. The molecule has 0 aromatic carbocycles. The van der Waals surface area contributed by atoms with Crippen molar-refractivity contribution in [3.63, 3.8) is 0 Å². The third-order valence-electron chi connectivity index (χ3n) is 1.23. The normalized spacial score (nSPS) is 27.6. The van der Waals surface area contributed by atoms with E-state index in [-0.39, 0.29) is 5.92 Å². The molecule has 1 fully saturated rings. The van der Waals surface area contributed by atoms with E-state index >= 15 is 0 Å². The Kier molecular flexibility index (Phi) is 0.775. The van der Waals surface area contributed by atoms with E-state index in [1.807, 2.05) is 6.92 Å². The van der Waals surface area contributed by atoms with Crippen LogP contribution in [-0.2, 0) is 4.79 Å². The summed E-state index contributed by atoms with van der Waals surface area (Å²) >= 11 is 0. The number of hydrogen-bond acceptors (Lipinski definition) is 1. The molecule has 1 atom stereocenters. The maximum Gasteiger partial charge on any atom is 0.141 e. The molecule has 0 aliphatic heterocycles. The van der Waals surface area contributed by atoms with Gasteiger partial charge in [0.05, 0.1) is 0 Å². The molecule has 7 heavy (non-hydrogen) atoms. The lowest BCUT2D eigenvalue weighted by molar-refractivity contribution is -0.110. The number of ketones is 1. The van der Waals surface area contributed by atoms with Gasteiger partial charge in [0.1, 0.15) is 5.78 Å². The minimum atomic E-state index is 0.236. The van der Waals surface area contributed by atoms with Gasteiger partial charge in [-0.05, 0) is 6.92 Å². The molecule has 0 saturated heterocycles. The maximum atomic E-state index is 10.3.